The van der Waals surface area contributed by atoms with E-state index in [1.807, 2.05) is 35.7 Å². The molecule has 0 aliphatic rings. The lowest BCUT2D eigenvalue weighted by Gasteiger charge is -2.08. The third-order valence-corrected chi connectivity index (χ3v) is 3.10. The Hall–Kier alpha value is -1.65. The van der Waals surface area contributed by atoms with Crippen LogP contribution in [0.4, 0.5) is 5.69 Å². The number of benzene rings is 1. The van der Waals surface area contributed by atoms with E-state index in [-0.39, 0.29) is 5.91 Å². The monoisotopic (exact) mass is 232 g/mol. The SMILES string of the molecule is NCc1ccccc1NC(=O)c1cccs1. The van der Waals surface area contributed by atoms with Crippen LogP contribution in [0.1, 0.15) is 15.2 Å². The van der Waals surface area contributed by atoms with E-state index < -0.39 is 0 Å². The summed E-state index contributed by atoms with van der Waals surface area (Å²) in [5.74, 6) is -0.0871. The van der Waals surface area contributed by atoms with Gasteiger partial charge < -0.3 is 11.1 Å². The van der Waals surface area contributed by atoms with Gasteiger partial charge in [-0.2, -0.15) is 0 Å². The zero-order valence-electron chi connectivity index (χ0n) is 8.64. The molecule has 3 nitrogen and oxygen atoms in total. The van der Waals surface area contributed by atoms with Gasteiger partial charge >= 0.3 is 0 Å². The predicted molar refractivity (Wildman–Crippen MR) is 66.6 cm³/mol. The fraction of sp³-hybridized carbons (Fsp3) is 0.0833. The number of hydrogen-bond donors (Lipinski definition) is 2. The Morgan fingerprint density at radius 2 is 2.06 bits per heavy atom. The Bertz CT molecular complexity index is 480. The number of nitrogens with one attached hydrogen (secondary N) is 1. The first kappa shape index (κ1) is 10.9. The van der Waals surface area contributed by atoms with E-state index >= 15 is 0 Å². The van der Waals surface area contributed by atoms with Crippen LogP contribution < -0.4 is 11.1 Å². The summed E-state index contributed by atoms with van der Waals surface area (Å²) < 4.78 is 0. The molecule has 0 radical (unpaired) electrons. The number of anilines is 1. The summed E-state index contributed by atoms with van der Waals surface area (Å²) in [6, 6.07) is 11.2. The second-order valence-corrected chi connectivity index (χ2v) is 4.24. The lowest BCUT2D eigenvalue weighted by atomic mass is 10.2. The van der Waals surface area contributed by atoms with Gasteiger partial charge in [0.2, 0.25) is 0 Å². The predicted octanol–water partition coefficient (Wildman–Crippen LogP) is 2.46. The fourth-order valence-corrected chi connectivity index (χ4v) is 2.03. The summed E-state index contributed by atoms with van der Waals surface area (Å²) in [6.07, 6.45) is 0. The Morgan fingerprint density at radius 1 is 1.25 bits per heavy atom. The first-order chi connectivity index (χ1) is 7.81. The Kier molecular flexibility index (Phi) is 3.34. The standard InChI is InChI=1S/C12H12N2OS/c13-8-9-4-1-2-5-10(9)14-12(15)11-6-3-7-16-11/h1-7H,8,13H2,(H,14,15). The lowest BCUT2D eigenvalue weighted by molar-refractivity contribution is 0.103. The fourth-order valence-electron chi connectivity index (χ4n) is 1.41. The number of amides is 1. The molecule has 3 N–H and O–H groups in total. The molecule has 1 amide bonds. The topological polar surface area (TPSA) is 55.1 Å². The molecule has 1 aromatic carbocycles. The van der Waals surface area contributed by atoms with Gasteiger partial charge in [0.25, 0.3) is 5.91 Å². The van der Waals surface area contributed by atoms with Gasteiger partial charge in [0.1, 0.15) is 0 Å². The Balaban J connectivity index is 2.18. The maximum Gasteiger partial charge on any atom is 0.265 e. The minimum absolute atomic E-state index is 0.0871. The lowest BCUT2D eigenvalue weighted by Crippen LogP contribution is -2.12. The molecule has 82 valence electrons. The highest BCUT2D eigenvalue weighted by Crippen LogP contribution is 2.17. The number of hydrogen-bond acceptors (Lipinski definition) is 3. The third-order valence-electron chi connectivity index (χ3n) is 2.23. The molecular weight excluding hydrogens is 220 g/mol. The van der Waals surface area contributed by atoms with Gasteiger partial charge in [0.15, 0.2) is 0 Å². The van der Waals surface area contributed by atoms with Crippen molar-refractivity contribution in [1.29, 1.82) is 0 Å². The van der Waals surface area contributed by atoms with Crippen LogP contribution in [0.5, 0.6) is 0 Å². The van der Waals surface area contributed by atoms with Gasteiger partial charge in [-0.05, 0) is 23.1 Å². The Labute approximate surface area is 97.9 Å². The van der Waals surface area contributed by atoms with E-state index in [4.69, 9.17) is 5.73 Å². The number of para-hydroxylation sites is 1. The number of rotatable bonds is 3. The average Bonchev–Trinajstić information content (AvgIpc) is 2.83. The van der Waals surface area contributed by atoms with Crippen molar-refractivity contribution in [3.05, 3.63) is 52.2 Å². The van der Waals surface area contributed by atoms with Crippen LogP contribution in [0.25, 0.3) is 0 Å². The van der Waals surface area contributed by atoms with Crippen molar-refractivity contribution in [3.8, 4) is 0 Å². The zero-order valence-corrected chi connectivity index (χ0v) is 9.46. The first-order valence-corrected chi connectivity index (χ1v) is 5.82. The van der Waals surface area contributed by atoms with Gasteiger partial charge in [0, 0.05) is 12.2 Å². The van der Waals surface area contributed by atoms with E-state index in [0.29, 0.717) is 11.4 Å². The minimum atomic E-state index is -0.0871. The molecule has 0 aliphatic heterocycles. The molecule has 1 heterocycles. The average molecular weight is 232 g/mol. The molecule has 2 rings (SSSR count). The molecule has 0 saturated heterocycles. The largest absolute Gasteiger partial charge is 0.326 e. The van der Waals surface area contributed by atoms with Crippen molar-refractivity contribution in [2.75, 3.05) is 5.32 Å². The quantitative estimate of drug-likeness (QED) is 0.854. The second-order valence-electron chi connectivity index (χ2n) is 3.29. The van der Waals surface area contributed by atoms with Crippen LogP contribution in [0.15, 0.2) is 41.8 Å². The van der Waals surface area contributed by atoms with Crippen molar-refractivity contribution in [2.45, 2.75) is 6.54 Å². The summed E-state index contributed by atoms with van der Waals surface area (Å²) >= 11 is 1.42. The number of nitrogens with two attached hydrogens (primary N) is 1. The molecule has 0 spiro atoms. The highest BCUT2D eigenvalue weighted by atomic mass is 32.1. The third kappa shape index (κ3) is 2.29. The summed E-state index contributed by atoms with van der Waals surface area (Å²) in [6.45, 7) is 0.418. The van der Waals surface area contributed by atoms with Crippen molar-refractivity contribution in [1.82, 2.24) is 0 Å². The molecule has 0 unspecified atom stereocenters. The summed E-state index contributed by atoms with van der Waals surface area (Å²) in [7, 11) is 0. The molecule has 0 saturated carbocycles. The van der Waals surface area contributed by atoms with Crippen molar-refractivity contribution in [3.63, 3.8) is 0 Å². The zero-order chi connectivity index (χ0) is 11.4. The minimum Gasteiger partial charge on any atom is -0.326 e. The van der Waals surface area contributed by atoms with Crippen LogP contribution in [0, 0.1) is 0 Å². The molecule has 16 heavy (non-hydrogen) atoms. The summed E-state index contributed by atoms with van der Waals surface area (Å²) in [5.41, 5.74) is 7.31. The van der Waals surface area contributed by atoms with Crippen LogP contribution in [0.2, 0.25) is 0 Å². The molecular formula is C12H12N2OS. The van der Waals surface area contributed by atoms with E-state index in [2.05, 4.69) is 5.32 Å². The van der Waals surface area contributed by atoms with E-state index in [9.17, 15) is 4.79 Å². The number of carbonyl (C=O) groups is 1. The van der Waals surface area contributed by atoms with Crippen LogP contribution in [0.3, 0.4) is 0 Å². The van der Waals surface area contributed by atoms with Crippen LogP contribution in [-0.4, -0.2) is 5.91 Å². The smallest absolute Gasteiger partial charge is 0.265 e. The van der Waals surface area contributed by atoms with Gasteiger partial charge in [-0.3, -0.25) is 4.79 Å². The summed E-state index contributed by atoms with van der Waals surface area (Å²) in [5, 5.41) is 4.73. The maximum atomic E-state index is 11.8. The van der Waals surface area contributed by atoms with Crippen LogP contribution in [-0.2, 0) is 6.54 Å². The first-order valence-electron chi connectivity index (χ1n) is 4.94. The van der Waals surface area contributed by atoms with E-state index in [1.54, 1.807) is 6.07 Å². The van der Waals surface area contributed by atoms with Gasteiger partial charge in [-0.15, -0.1) is 11.3 Å². The Morgan fingerprint density at radius 3 is 2.75 bits per heavy atom. The van der Waals surface area contributed by atoms with Crippen molar-refractivity contribution < 1.29 is 4.79 Å². The van der Waals surface area contributed by atoms with Gasteiger partial charge in [0.05, 0.1) is 4.88 Å². The van der Waals surface area contributed by atoms with E-state index in [1.165, 1.54) is 11.3 Å². The molecule has 1 aromatic heterocycles. The van der Waals surface area contributed by atoms with Crippen molar-refractivity contribution >= 4 is 22.9 Å². The molecule has 2 aromatic rings. The highest BCUT2D eigenvalue weighted by Gasteiger charge is 2.08. The van der Waals surface area contributed by atoms with Gasteiger partial charge in [-0.25, -0.2) is 0 Å². The van der Waals surface area contributed by atoms with E-state index in [0.717, 1.165) is 11.3 Å². The summed E-state index contributed by atoms with van der Waals surface area (Å²) in [4.78, 5) is 12.5. The maximum absolute atomic E-state index is 11.8. The number of carbonyl (C=O) groups excluding carboxylic acids is 1. The number of thiophene rings is 1. The van der Waals surface area contributed by atoms with Gasteiger partial charge in [-0.1, -0.05) is 24.3 Å². The second kappa shape index (κ2) is 4.92. The molecule has 0 bridgehead atoms. The molecule has 0 fully saturated rings. The van der Waals surface area contributed by atoms with Crippen LogP contribution >= 0.6 is 11.3 Å². The normalized spacial score (nSPS) is 10.1. The molecule has 4 heteroatoms. The van der Waals surface area contributed by atoms with Crippen molar-refractivity contribution in [2.24, 2.45) is 5.73 Å². The molecule has 0 atom stereocenters. The highest BCUT2D eigenvalue weighted by molar-refractivity contribution is 7.12. The molecule has 0 aliphatic carbocycles.